The molecule has 33 heavy (non-hydrogen) atoms. The summed E-state index contributed by atoms with van der Waals surface area (Å²) in [6.45, 7) is 0.384. The van der Waals surface area contributed by atoms with E-state index in [1.807, 2.05) is 24.3 Å². The molecule has 1 atom stereocenters. The average Bonchev–Trinajstić information content (AvgIpc) is 3.18. The molecule has 11 heteroatoms. The van der Waals surface area contributed by atoms with E-state index in [0.29, 0.717) is 28.2 Å². The van der Waals surface area contributed by atoms with Gasteiger partial charge < -0.3 is 24.7 Å². The average molecular weight is 472 g/mol. The number of nitrogens with two attached hydrogens (primary N) is 1. The lowest BCUT2D eigenvalue weighted by molar-refractivity contribution is -0.118. The minimum absolute atomic E-state index is 0.0115. The number of halogens is 1. The number of anilines is 1. The van der Waals surface area contributed by atoms with Gasteiger partial charge in [0.05, 0.1) is 5.75 Å². The maximum absolute atomic E-state index is 13.3. The standard InChI is InChI=1S/C22H22FN5O4S/c1-27-21(18-12-31-16-4-2-3-5-17(16)32-18)25-26-22(27)33-13-20(30)28(11-10-19(24)29)15-8-6-14(23)7-9-15/h2-9,18H,10-13H2,1H3,(H2,24,29). The Hall–Kier alpha value is -3.60. The minimum atomic E-state index is -0.531. The SMILES string of the molecule is Cn1c(SCC(=O)N(CCC(N)=O)c2ccc(F)cc2)nnc1C1COc2ccccc2O1. The van der Waals surface area contributed by atoms with E-state index in [2.05, 4.69) is 10.2 Å². The fourth-order valence-corrected chi connectivity index (χ4v) is 4.12. The Morgan fingerprint density at radius 1 is 1.18 bits per heavy atom. The number of primary amides is 1. The number of carbonyl (C=O) groups is 2. The van der Waals surface area contributed by atoms with Gasteiger partial charge in [0.25, 0.3) is 0 Å². The molecular weight excluding hydrogens is 449 g/mol. The first-order valence-electron chi connectivity index (χ1n) is 10.2. The molecule has 1 unspecified atom stereocenters. The molecule has 1 aromatic heterocycles. The van der Waals surface area contributed by atoms with Gasteiger partial charge in [-0.3, -0.25) is 9.59 Å². The van der Waals surface area contributed by atoms with E-state index >= 15 is 0 Å². The summed E-state index contributed by atoms with van der Waals surface area (Å²) >= 11 is 1.20. The lowest BCUT2D eigenvalue weighted by Gasteiger charge is -2.25. The summed E-state index contributed by atoms with van der Waals surface area (Å²) in [6, 6.07) is 12.9. The lowest BCUT2D eigenvalue weighted by atomic mass is 10.2. The third kappa shape index (κ3) is 5.25. The van der Waals surface area contributed by atoms with Gasteiger partial charge in [-0.1, -0.05) is 23.9 Å². The maximum atomic E-state index is 13.3. The number of amides is 2. The van der Waals surface area contributed by atoms with Crippen LogP contribution in [0.5, 0.6) is 11.5 Å². The van der Waals surface area contributed by atoms with Crippen LogP contribution in [0.25, 0.3) is 0 Å². The van der Waals surface area contributed by atoms with Crippen molar-refractivity contribution in [1.82, 2.24) is 14.8 Å². The Morgan fingerprint density at radius 3 is 2.64 bits per heavy atom. The van der Waals surface area contributed by atoms with Crippen LogP contribution in [0.3, 0.4) is 0 Å². The number of nitrogens with zero attached hydrogens (tertiary/aromatic N) is 4. The van der Waals surface area contributed by atoms with Crippen LogP contribution in [0, 0.1) is 5.82 Å². The number of thioether (sulfide) groups is 1. The van der Waals surface area contributed by atoms with E-state index < -0.39 is 17.8 Å². The highest BCUT2D eigenvalue weighted by atomic mass is 32.2. The first kappa shape index (κ1) is 22.6. The molecular formula is C22H22FN5O4S. The second kappa shape index (κ2) is 9.90. The Labute approximate surface area is 193 Å². The van der Waals surface area contributed by atoms with Gasteiger partial charge in [0.1, 0.15) is 12.4 Å². The van der Waals surface area contributed by atoms with Crippen molar-refractivity contribution in [2.24, 2.45) is 12.8 Å². The number of ether oxygens (including phenoxy) is 2. The van der Waals surface area contributed by atoms with E-state index in [1.54, 1.807) is 11.6 Å². The first-order valence-corrected chi connectivity index (χ1v) is 11.2. The number of benzene rings is 2. The lowest BCUT2D eigenvalue weighted by Crippen LogP contribution is -2.35. The summed E-state index contributed by atoms with van der Waals surface area (Å²) in [7, 11) is 1.79. The topological polar surface area (TPSA) is 113 Å². The molecule has 0 radical (unpaired) electrons. The van der Waals surface area contributed by atoms with Crippen LogP contribution in [0.2, 0.25) is 0 Å². The van der Waals surface area contributed by atoms with Crippen molar-refractivity contribution < 1.29 is 23.5 Å². The molecule has 4 rings (SSSR count). The van der Waals surface area contributed by atoms with Crippen molar-refractivity contribution in [3.05, 3.63) is 60.2 Å². The molecule has 0 saturated carbocycles. The van der Waals surface area contributed by atoms with Gasteiger partial charge in [0, 0.05) is 25.7 Å². The van der Waals surface area contributed by atoms with Crippen molar-refractivity contribution >= 4 is 29.3 Å². The number of aromatic nitrogens is 3. The molecule has 1 aliphatic heterocycles. The van der Waals surface area contributed by atoms with Crippen LogP contribution in [0.4, 0.5) is 10.1 Å². The van der Waals surface area contributed by atoms with E-state index in [0.717, 1.165) is 0 Å². The molecule has 0 bridgehead atoms. The molecule has 0 saturated heterocycles. The van der Waals surface area contributed by atoms with E-state index in [1.165, 1.54) is 40.9 Å². The molecule has 0 spiro atoms. The molecule has 1 aliphatic rings. The van der Waals surface area contributed by atoms with Crippen molar-refractivity contribution in [1.29, 1.82) is 0 Å². The van der Waals surface area contributed by atoms with Crippen LogP contribution in [0.15, 0.2) is 53.7 Å². The highest BCUT2D eigenvalue weighted by Crippen LogP contribution is 2.35. The predicted octanol–water partition coefficient (Wildman–Crippen LogP) is 2.47. The molecule has 9 nitrogen and oxygen atoms in total. The van der Waals surface area contributed by atoms with Crippen LogP contribution in [0.1, 0.15) is 18.3 Å². The quantitative estimate of drug-likeness (QED) is 0.502. The van der Waals surface area contributed by atoms with Crippen molar-refractivity contribution in [2.75, 3.05) is 23.8 Å². The highest BCUT2D eigenvalue weighted by Gasteiger charge is 2.28. The van der Waals surface area contributed by atoms with E-state index in [4.69, 9.17) is 15.2 Å². The molecule has 2 heterocycles. The summed E-state index contributed by atoms with van der Waals surface area (Å²) < 4.78 is 26.8. The molecule has 0 fully saturated rings. The number of carbonyl (C=O) groups excluding carboxylic acids is 2. The van der Waals surface area contributed by atoms with E-state index in [9.17, 15) is 14.0 Å². The molecule has 0 aliphatic carbocycles. The van der Waals surface area contributed by atoms with Gasteiger partial charge in [0.15, 0.2) is 28.6 Å². The third-order valence-electron chi connectivity index (χ3n) is 5.01. The van der Waals surface area contributed by atoms with Gasteiger partial charge in [0.2, 0.25) is 11.8 Å². The fourth-order valence-electron chi connectivity index (χ4n) is 3.32. The molecule has 2 N–H and O–H groups in total. The van der Waals surface area contributed by atoms with Gasteiger partial charge in [-0.25, -0.2) is 4.39 Å². The van der Waals surface area contributed by atoms with Crippen LogP contribution >= 0.6 is 11.8 Å². The Balaban J connectivity index is 1.43. The molecule has 2 amide bonds. The van der Waals surface area contributed by atoms with Crippen LogP contribution < -0.4 is 20.1 Å². The van der Waals surface area contributed by atoms with Crippen molar-refractivity contribution in [3.8, 4) is 11.5 Å². The Bertz CT molecular complexity index is 1150. The van der Waals surface area contributed by atoms with Crippen molar-refractivity contribution in [2.45, 2.75) is 17.7 Å². The van der Waals surface area contributed by atoms with Gasteiger partial charge in [-0.05, 0) is 36.4 Å². The third-order valence-corrected chi connectivity index (χ3v) is 6.02. The first-order chi connectivity index (χ1) is 15.9. The summed E-state index contributed by atoms with van der Waals surface area (Å²) in [5.74, 6) is 0.688. The molecule has 2 aromatic carbocycles. The largest absolute Gasteiger partial charge is 0.485 e. The predicted molar refractivity (Wildman–Crippen MR) is 120 cm³/mol. The number of rotatable bonds is 8. The smallest absolute Gasteiger partial charge is 0.237 e. The van der Waals surface area contributed by atoms with E-state index in [-0.39, 0.29) is 31.2 Å². The zero-order valence-corrected chi connectivity index (χ0v) is 18.6. The Morgan fingerprint density at radius 2 is 1.91 bits per heavy atom. The summed E-state index contributed by atoms with van der Waals surface area (Å²) in [5, 5.41) is 8.93. The number of hydrogen-bond donors (Lipinski definition) is 1. The molecule has 172 valence electrons. The molecule has 3 aromatic rings. The van der Waals surface area contributed by atoms with Crippen LogP contribution in [-0.4, -0.2) is 45.5 Å². The van der Waals surface area contributed by atoms with Gasteiger partial charge in [-0.2, -0.15) is 0 Å². The monoisotopic (exact) mass is 471 g/mol. The second-order valence-corrected chi connectivity index (χ2v) is 8.23. The second-order valence-electron chi connectivity index (χ2n) is 7.29. The Kier molecular flexibility index (Phi) is 6.78. The zero-order chi connectivity index (χ0) is 23.4. The fraction of sp³-hybridized carbons (Fsp3) is 0.273. The summed E-state index contributed by atoms with van der Waals surface area (Å²) in [6.07, 6.45) is -0.448. The number of para-hydroxylation sites is 2. The van der Waals surface area contributed by atoms with Crippen molar-refractivity contribution in [3.63, 3.8) is 0 Å². The van der Waals surface area contributed by atoms with Gasteiger partial charge >= 0.3 is 0 Å². The summed E-state index contributed by atoms with van der Waals surface area (Å²) in [5.41, 5.74) is 5.73. The highest BCUT2D eigenvalue weighted by molar-refractivity contribution is 7.99. The zero-order valence-electron chi connectivity index (χ0n) is 17.8. The number of hydrogen-bond acceptors (Lipinski definition) is 7. The maximum Gasteiger partial charge on any atom is 0.237 e. The number of fused-ring (bicyclic) bond motifs is 1. The minimum Gasteiger partial charge on any atom is -0.485 e. The normalized spacial score (nSPS) is 14.7. The van der Waals surface area contributed by atoms with Gasteiger partial charge in [-0.15, -0.1) is 10.2 Å². The summed E-state index contributed by atoms with van der Waals surface area (Å²) in [4.78, 5) is 25.6. The van der Waals surface area contributed by atoms with Crippen LogP contribution in [-0.2, 0) is 16.6 Å².